The highest BCUT2D eigenvalue weighted by Crippen LogP contribution is 2.05. The Morgan fingerprint density at radius 1 is 0.733 bits per heavy atom. The summed E-state index contributed by atoms with van der Waals surface area (Å²) in [6.07, 6.45) is 0. The molecule has 0 aliphatic rings. The van der Waals surface area contributed by atoms with Crippen molar-refractivity contribution in [2.75, 3.05) is 11.5 Å². The minimum absolute atomic E-state index is 1.52. The van der Waals surface area contributed by atoms with Gasteiger partial charge in [0.2, 0.25) is 0 Å². The molecule has 0 aromatic rings. The van der Waals surface area contributed by atoms with Gasteiger partial charge in [-0.1, -0.05) is 0 Å². The summed E-state index contributed by atoms with van der Waals surface area (Å²) in [5.74, 6) is -3.04. The first-order valence-corrected chi connectivity index (χ1v) is 7.90. The second-order valence-electron chi connectivity index (χ2n) is 2.63. The van der Waals surface area contributed by atoms with Crippen LogP contribution in [0.15, 0.2) is 0 Å². The van der Waals surface area contributed by atoms with Crippen LogP contribution in [0.1, 0.15) is 0 Å². The number of hydrogen-bond donors (Lipinski definition) is 3. The molecular weight excluding hydrogens is 276 g/mol. The van der Waals surface area contributed by atoms with Gasteiger partial charge in [0, 0.05) is 0 Å². The summed E-state index contributed by atoms with van der Waals surface area (Å²) in [5, 5.41) is -2.33. The van der Waals surface area contributed by atoms with E-state index in [-0.39, 0.29) is 0 Å². The van der Waals surface area contributed by atoms with Gasteiger partial charge in [0.1, 0.15) is 5.25 Å². The zero-order chi connectivity index (χ0) is 12.5. The van der Waals surface area contributed by atoms with Crippen molar-refractivity contribution in [3.63, 3.8) is 0 Å². The molecular formula is C3H8O9S3. The molecule has 0 amide bonds. The van der Waals surface area contributed by atoms with Gasteiger partial charge in [0.05, 0.1) is 11.5 Å². The second-order valence-corrected chi connectivity index (χ2v) is 7.33. The molecule has 0 spiro atoms. The first kappa shape index (κ1) is 14.7. The van der Waals surface area contributed by atoms with Gasteiger partial charge in [0.25, 0.3) is 30.4 Å². The Morgan fingerprint density at radius 3 is 1.13 bits per heavy atom. The molecule has 0 atom stereocenters. The highest BCUT2D eigenvalue weighted by Gasteiger charge is 2.32. The van der Waals surface area contributed by atoms with E-state index in [0.29, 0.717) is 0 Å². The maximum Gasteiger partial charge on any atom is 0.269 e. The lowest BCUT2D eigenvalue weighted by Crippen LogP contribution is -2.35. The molecule has 3 N–H and O–H groups in total. The summed E-state index contributed by atoms with van der Waals surface area (Å²) in [5.41, 5.74) is 0. The molecule has 0 aliphatic carbocycles. The van der Waals surface area contributed by atoms with Crippen LogP contribution in [0.4, 0.5) is 0 Å². The Kier molecular flexibility index (Phi) is 4.23. The molecule has 12 heteroatoms. The molecule has 0 saturated heterocycles. The Morgan fingerprint density at radius 2 is 1.00 bits per heavy atom. The maximum atomic E-state index is 10.5. The molecule has 0 bridgehead atoms. The van der Waals surface area contributed by atoms with Crippen LogP contribution in [0.5, 0.6) is 0 Å². The van der Waals surface area contributed by atoms with Gasteiger partial charge in [0.15, 0.2) is 0 Å². The van der Waals surface area contributed by atoms with E-state index >= 15 is 0 Å². The lowest BCUT2D eigenvalue weighted by molar-refractivity contribution is 0.453. The standard InChI is InChI=1S/C3H8O9S3/c4-13(5,6)1-3(15(10,11)12)2-14(7,8)9/h3H,1-2H2,(H,4,5,6)(H,7,8,9)(H,10,11,12). The predicted molar refractivity (Wildman–Crippen MR) is 48.2 cm³/mol. The minimum Gasteiger partial charge on any atom is -0.286 e. The van der Waals surface area contributed by atoms with Crippen molar-refractivity contribution in [3.8, 4) is 0 Å². The van der Waals surface area contributed by atoms with Gasteiger partial charge in [-0.25, -0.2) is 0 Å². The van der Waals surface area contributed by atoms with Crippen molar-refractivity contribution in [1.82, 2.24) is 0 Å². The van der Waals surface area contributed by atoms with Gasteiger partial charge in [-0.2, -0.15) is 25.3 Å². The highest BCUT2D eigenvalue weighted by atomic mass is 32.2. The molecule has 15 heavy (non-hydrogen) atoms. The van der Waals surface area contributed by atoms with Crippen molar-refractivity contribution in [3.05, 3.63) is 0 Å². The second kappa shape index (κ2) is 4.31. The zero-order valence-electron chi connectivity index (χ0n) is 7.01. The van der Waals surface area contributed by atoms with E-state index in [1.54, 1.807) is 0 Å². The van der Waals surface area contributed by atoms with E-state index in [0.717, 1.165) is 0 Å². The van der Waals surface area contributed by atoms with Crippen molar-refractivity contribution in [1.29, 1.82) is 0 Å². The summed E-state index contributed by atoms with van der Waals surface area (Å²) >= 11 is 0. The van der Waals surface area contributed by atoms with Gasteiger partial charge < -0.3 is 0 Å². The van der Waals surface area contributed by atoms with Gasteiger partial charge in [-0.05, 0) is 0 Å². The zero-order valence-corrected chi connectivity index (χ0v) is 9.46. The van der Waals surface area contributed by atoms with Crippen LogP contribution in [0.25, 0.3) is 0 Å². The third kappa shape index (κ3) is 7.64. The molecule has 0 radical (unpaired) electrons. The fourth-order valence-corrected chi connectivity index (χ4v) is 4.42. The monoisotopic (exact) mass is 284 g/mol. The first-order chi connectivity index (χ1) is 6.31. The van der Waals surface area contributed by atoms with Crippen LogP contribution in [-0.2, 0) is 30.4 Å². The first-order valence-electron chi connectivity index (χ1n) is 3.18. The molecule has 0 aliphatic heterocycles. The molecule has 0 heterocycles. The van der Waals surface area contributed by atoms with Gasteiger partial charge in [-0.15, -0.1) is 0 Å². The highest BCUT2D eigenvalue weighted by molar-refractivity contribution is 7.92. The Hall–Kier alpha value is -0.270. The van der Waals surface area contributed by atoms with Crippen molar-refractivity contribution in [2.45, 2.75) is 5.25 Å². The fourth-order valence-electron chi connectivity index (χ4n) is 0.690. The minimum atomic E-state index is -5.01. The van der Waals surface area contributed by atoms with E-state index in [9.17, 15) is 25.3 Å². The summed E-state index contributed by atoms with van der Waals surface area (Å²) < 4.78 is 87.1. The number of hydrogen-bond acceptors (Lipinski definition) is 6. The largest absolute Gasteiger partial charge is 0.286 e. The van der Waals surface area contributed by atoms with Gasteiger partial charge in [-0.3, -0.25) is 13.7 Å². The molecule has 92 valence electrons. The Balaban J connectivity index is 5.12. The number of rotatable bonds is 5. The van der Waals surface area contributed by atoms with E-state index in [4.69, 9.17) is 13.7 Å². The summed E-state index contributed by atoms with van der Waals surface area (Å²) in [7, 11) is -14.6. The van der Waals surface area contributed by atoms with E-state index < -0.39 is 47.1 Å². The normalized spacial score (nSPS) is 14.4. The van der Waals surface area contributed by atoms with E-state index in [1.807, 2.05) is 0 Å². The maximum absolute atomic E-state index is 10.5. The molecule has 0 fully saturated rings. The molecule has 0 aromatic heterocycles. The quantitative estimate of drug-likeness (QED) is 0.485. The van der Waals surface area contributed by atoms with Crippen molar-refractivity contribution in [2.24, 2.45) is 0 Å². The fraction of sp³-hybridized carbons (Fsp3) is 1.00. The van der Waals surface area contributed by atoms with Crippen LogP contribution in [0.2, 0.25) is 0 Å². The van der Waals surface area contributed by atoms with Gasteiger partial charge >= 0.3 is 0 Å². The molecule has 9 nitrogen and oxygen atoms in total. The van der Waals surface area contributed by atoms with Crippen LogP contribution in [0, 0.1) is 0 Å². The topological polar surface area (TPSA) is 163 Å². The van der Waals surface area contributed by atoms with Crippen molar-refractivity contribution >= 4 is 30.4 Å². The third-order valence-corrected chi connectivity index (χ3v) is 4.46. The summed E-state index contributed by atoms with van der Waals surface area (Å²) in [6, 6.07) is 0. The molecule has 0 aromatic carbocycles. The van der Waals surface area contributed by atoms with E-state index in [1.165, 1.54) is 0 Å². The third-order valence-electron chi connectivity index (χ3n) is 1.21. The molecule has 0 unspecified atom stereocenters. The summed E-state index contributed by atoms with van der Waals surface area (Å²) in [6.45, 7) is 0. The molecule has 0 rings (SSSR count). The predicted octanol–water partition coefficient (Wildman–Crippen LogP) is -1.98. The van der Waals surface area contributed by atoms with E-state index in [2.05, 4.69) is 0 Å². The van der Waals surface area contributed by atoms with Crippen LogP contribution in [0.3, 0.4) is 0 Å². The Labute approximate surface area is 86.4 Å². The van der Waals surface area contributed by atoms with Crippen LogP contribution >= 0.6 is 0 Å². The lowest BCUT2D eigenvalue weighted by Gasteiger charge is -2.09. The SMILES string of the molecule is O=S(=O)(O)CC(CS(=O)(=O)O)S(=O)(=O)O. The molecule has 0 saturated carbocycles. The van der Waals surface area contributed by atoms with Crippen LogP contribution < -0.4 is 0 Å². The average molecular weight is 284 g/mol. The van der Waals surface area contributed by atoms with Crippen molar-refractivity contribution < 1.29 is 38.9 Å². The summed E-state index contributed by atoms with van der Waals surface area (Å²) in [4.78, 5) is 0. The lowest BCUT2D eigenvalue weighted by atomic mass is 10.6. The smallest absolute Gasteiger partial charge is 0.269 e. The Bertz CT molecular complexity index is 473. The average Bonchev–Trinajstić information content (AvgIpc) is 1.75. The van der Waals surface area contributed by atoms with Crippen LogP contribution in [-0.4, -0.2) is 55.7 Å².